The fourth-order valence-electron chi connectivity index (χ4n) is 2.41. The van der Waals surface area contributed by atoms with E-state index >= 15 is 0 Å². The standard InChI is InChI=1S/C16H25N3O3/c1-16(2,3)22-15(21)19-8-4-5-13(11-19)17-9-12-6-7-14(20)10-18-12/h6-7,10,13,17,20H,4-5,8-9,11H2,1-3H3. The van der Waals surface area contributed by atoms with Gasteiger partial charge in [-0.25, -0.2) is 4.79 Å². The summed E-state index contributed by atoms with van der Waals surface area (Å²) in [7, 11) is 0. The number of pyridine rings is 1. The second-order valence-electron chi connectivity index (χ2n) is 6.65. The summed E-state index contributed by atoms with van der Waals surface area (Å²) in [5, 5.41) is 12.6. The van der Waals surface area contributed by atoms with Crippen LogP contribution in [0.5, 0.6) is 5.75 Å². The zero-order chi connectivity index (χ0) is 16.2. The maximum Gasteiger partial charge on any atom is 0.410 e. The van der Waals surface area contributed by atoms with E-state index < -0.39 is 5.60 Å². The second kappa shape index (κ2) is 6.96. The van der Waals surface area contributed by atoms with Gasteiger partial charge in [0.2, 0.25) is 0 Å². The highest BCUT2D eigenvalue weighted by Gasteiger charge is 2.27. The molecule has 2 N–H and O–H groups in total. The van der Waals surface area contributed by atoms with E-state index in [-0.39, 0.29) is 17.9 Å². The lowest BCUT2D eigenvalue weighted by Crippen LogP contribution is -2.49. The van der Waals surface area contributed by atoms with Gasteiger partial charge in [-0.15, -0.1) is 0 Å². The van der Waals surface area contributed by atoms with Gasteiger partial charge in [0.05, 0.1) is 11.9 Å². The van der Waals surface area contributed by atoms with Crippen LogP contribution >= 0.6 is 0 Å². The highest BCUT2D eigenvalue weighted by molar-refractivity contribution is 5.68. The van der Waals surface area contributed by atoms with E-state index in [1.165, 1.54) is 6.20 Å². The summed E-state index contributed by atoms with van der Waals surface area (Å²) in [4.78, 5) is 18.0. The van der Waals surface area contributed by atoms with Gasteiger partial charge in [-0.05, 0) is 45.7 Å². The molecule has 6 nitrogen and oxygen atoms in total. The van der Waals surface area contributed by atoms with Gasteiger partial charge in [0, 0.05) is 25.7 Å². The molecule has 6 heteroatoms. The summed E-state index contributed by atoms with van der Waals surface area (Å²) in [6.45, 7) is 7.63. The highest BCUT2D eigenvalue weighted by Crippen LogP contribution is 2.16. The van der Waals surface area contributed by atoms with Crippen LogP contribution < -0.4 is 5.32 Å². The molecule has 0 spiro atoms. The Kier molecular flexibility index (Phi) is 5.24. The number of hydrogen-bond donors (Lipinski definition) is 2. The topological polar surface area (TPSA) is 74.7 Å². The number of amides is 1. The first kappa shape index (κ1) is 16.5. The first-order chi connectivity index (χ1) is 10.3. The van der Waals surface area contributed by atoms with Crippen LogP contribution in [0.3, 0.4) is 0 Å². The van der Waals surface area contributed by atoms with Crippen molar-refractivity contribution in [2.75, 3.05) is 13.1 Å². The summed E-state index contributed by atoms with van der Waals surface area (Å²) in [6, 6.07) is 3.64. The number of aromatic nitrogens is 1. The van der Waals surface area contributed by atoms with Gasteiger partial charge >= 0.3 is 6.09 Å². The number of carbonyl (C=O) groups excluding carboxylic acids is 1. The van der Waals surface area contributed by atoms with E-state index in [0.29, 0.717) is 13.1 Å². The Balaban J connectivity index is 1.82. The first-order valence-corrected chi connectivity index (χ1v) is 7.69. The molecule has 2 rings (SSSR count). The van der Waals surface area contributed by atoms with E-state index in [1.54, 1.807) is 17.0 Å². The van der Waals surface area contributed by atoms with Crippen molar-refractivity contribution in [3.05, 3.63) is 24.0 Å². The Morgan fingerprint density at radius 1 is 1.50 bits per heavy atom. The Morgan fingerprint density at radius 2 is 2.27 bits per heavy atom. The monoisotopic (exact) mass is 307 g/mol. The van der Waals surface area contributed by atoms with Gasteiger partial charge in [-0.2, -0.15) is 0 Å². The van der Waals surface area contributed by atoms with E-state index in [1.807, 2.05) is 20.8 Å². The fourth-order valence-corrected chi connectivity index (χ4v) is 2.41. The van der Waals surface area contributed by atoms with Gasteiger partial charge in [0.1, 0.15) is 11.4 Å². The molecule has 0 aromatic carbocycles. The molecule has 122 valence electrons. The molecule has 1 saturated heterocycles. The summed E-state index contributed by atoms with van der Waals surface area (Å²) in [5.74, 6) is 0.164. The number of hydrogen-bond acceptors (Lipinski definition) is 5. The van der Waals surface area contributed by atoms with Gasteiger partial charge in [0.15, 0.2) is 0 Å². The van der Waals surface area contributed by atoms with Gasteiger partial charge in [0.25, 0.3) is 0 Å². The number of aromatic hydroxyl groups is 1. The number of nitrogens with one attached hydrogen (secondary N) is 1. The van der Waals surface area contributed by atoms with E-state index in [0.717, 1.165) is 25.1 Å². The van der Waals surface area contributed by atoms with Crippen LogP contribution in [0.15, 0.2) is 18.3 Å². The molecule has 22 heavy (non-hydrogen) atoms. The van der Waals surface area contributed by atoms with Crippen LogP contribution in [-0.2, 0) is 11.3 Å². The van der Waals surface area contributed by atoms with Crippen molar-refractivity contribution >= 4 is 6.09 Å². The quantitative estimate of drug-likeness (QED) is 0.896. The van der Waals surface area contributed by atoms with Crippen molar-refractivity contribution in [2.45, 2.75) is 51.8 Å². The normalized spacial score (nSPS) is 19.0. The molecule has 0 saturated carbocycles. The van der Waals surface area contributed by atoms with Crippen molar-refractivity contribution in [1.29, 1.82) is 0 Å². The minimum Gasteiger partial charge on any atom is -0.506 e. The zero-order valence-corrected chi connectivity index (χ0v) is 13.5. The third kappa shape index (κ3) is 5.18. The summed E-state index contributed by atoms with van der Waals surface area (Å²) in [6.07, 6.45) is 3.17. The minimum atomic E-state index is -0.465. The van der Waals surface area contributed by atoms with Crippen molar-refractivity contribution in [1.82, 2.24) is 15.2 Å². The third-order valence-corrected chi connectivity index (χ3v) is 3.45. The molecule has 1 atom stereocenters. The molecule has 1 amide bonds. The highest BCUT2D eigenvalue weighted by atomic mass is 16.6. The molecule has 1 aromatic rings. The number of piperidine rings is 1. The molecular weight excluding hydrogens is 282 g/mol. The average molecular weight is 307 g/mol. The number of ether oxygens (including phenoxy) is 1. The zero-order valence-electron chi connectivity index (χ0n) is 13.5. The van der Waals surface area contributed by atoms with E-state index in [4.69, 9.17) is 4.74 Å². The number of rotatable bonds is 3. The number of nitrogens with zero attached hydrogens (tertiary/aromatic N) is 2. The molecule has 1 fully saturated rings. The van der Waals surface area contributed by atoms with Crippen molar-refractivity contribution in [3.8, 4) is 5.75 Å². The molecular formula is C16H25N3O3. The lowest BCUT2D eigenvalue weighted by atomic mass is 10.1. The van der Waals surface area contributed by atoms with Crippen LogP contribution in [0.25, 0.3) is 0 Å². The smallest absolute Gasteiger partial charge is 0.410 e. The average Bonchev–Trinajstić information content (AvgIpc) is 2.45. The molecule has 0 radical (unpaired) electrons. The predicted octanol–water partition coefficient (Wildman–Crippen LogP) is 2.28. The number of likely N-dealkylation sites (tertiary alicyclic amines) is 1. The largest absolute Gasteiger partial charge is 0.506 e. The van der Waals surface area contributed by atoms with Gasteiger partial charge in [-0.3, -0.25) is 4.98 Å². The van der Waals surface area contributed by atoms with Crippen LogP contribution in [0.2, 0.25) is 0 Å². The van der Waals surface area contributed by atoms with Crippen LogP contribution in [0, 0.1) is 0 Å². The summed E-state index contributed by atoms with van der Waals surface area (Å²) < 4.78 is 5.42. The maximum absolute atomic E-state index is 12.1. The van der Waals surface area contributed by atoms with E-state index in [9.17, 15) is 9.90 Å². The minimum absolute atomic E-state index is 0.164. The van der Waals surface area contributed by atoms with Crippen molar-refractivity contribution < 1.29 is 14.6 Å². The molecule has 2 heterocycles. The van der Waals surface area contributed by atoms with E-state index in [2.05, 4.69) is 10.3 Å². The molecule has 1 aliphatic heterocycles. The van der Waals surface area contributed by atoms with Crippen LogP contribution in [0.1, 0.15) is 39.3 Å². The SMILES string of the molecule is CC(C)(C)OC(=O)N1CCCC(NCc2ccc(O)cn2)C1. The second-order valence-corrected chi connectivity index (χ2v) is 6.65. The maximum atomic E-state index is 12.1. The first-order valence-electron chi connectivity index (χ1n) is 7.69. The summed E-state index contributed by atoms with van der Waals surface area (Å²) >= 11 is 0. The molecule has 1 unspecified atom stereocenters. The Bertz CT molecular complexity index is 496. The van der Waals surface area contributed by atoms with Crippen molar-refractivity contribution in [3.63, 3.8) is 0 Å². The summed E-state index contributed by atoms with van der Waals surface area (Å²) in [5.41, 5.74) is 0.403. The predicted molar refractivity (Wildman–Crippen MR) is 83.6 cm³/mol. The van der Waals surface area contributed by atoms with Crippen LogP contribution in [0.4, 0.5) is 4.79 Å². The molecule has 0 aliphatic carbocycles. The van der Waals surface area contributed by atoms with Gasteiger partial charge < -0.3 is 20.1 Å². The number of carbonyl (C=O) groups is 1. The molecule has 1 aromatic heterocycles. The van der Waals surface area contributed by atoms with Crippen molar-refractivity contribution in [2.24, 2.45) is 0 Å². The third-order valence-electron chi connectivity index (χ3n) is 3.45. The Hall–Kier alpha value is -1.82. The molecule has 1 aliphatic rings. The molecule has 0 bridgehead atoms. The fraction of sp³-hybridized carbons (Fsp3) is 0.625. The lowest BCUT2D eigenvalue weighted by Gasteiger charge is -2.34. The Labute approximate surface area is 131 Å². The lowest BCUT2D eigenvalue weighted by molar-refractivity contribution is 0.0187. The van der Waals surface area contributed by atoms with Crippen LogP contribution in [-0.4, -0.2) is 45.8 Å². The Morgan fingerprint density at radius 3 is 2.91 bits per heavy atom. The van der Waals surface area contributed by atoms with Gasteiger partial charge in [-0.1, -0.05) is 0 Å².